The molecule has 0 saturated carbocycles. The predicted molar refractivity (Wildman–Crippen MR) is 68.5 cm³/mol. The molecule has 4 nitrogen and oxygen atoms in total. The van der Waals surface area contributed by atoms with Crippen molar-refractivity contribution >= 4 is 9.53 Å². The summed E-state index contributed by atoms with van der Waals surface area (Å²) >= 11 is 0. The topological polar surface area (TPSA) is 53.7 Å². The largest absolute Gasteiger partial charge is 0.484 e. The quantitative estimate of drug-likeness (QED) is 0.422. The van der Waals surface area contributed by atoms with E-state index in [1.165, 1.54) is 0 Å². The Kier molecular flexibility index (Phi) is 13.2. The average molecular weight is 249 g/mol. The lowest BCUT2D eigenvalue weighted by Crippen LogP contribution is -2.28. The summed E-state index contributed by atoms with van der Waals surface area (Å²) in [4.78, 5) is 0. The van der Waals surface area contributed by atoms with Gasteiger partial charge in [-0.1, -0.05) is 13.8 Å². The van der Waals surface area contributed by atoms with E-state index in [1.54, 1.807) is 0 Å². The molecule has 2 N–H and O–H groups in total. The minimum atomic E-state index is -1.85. The molecule has 0 aliphatic carbocycles. The van der Waals surface area contributed by atoms with Gasteiger partial charge in [-0.3, -0.25) is 0 Å². The SMILES string of the molecule is CCCO[SiH](OCCC)OCCCCCN. The molecular formula is C11H27NO3Si. The molecule has 98 valence electrons. The fourth-order valence-corrected chi connectivity index (χ4v) is 2.68. The van der Waals surface area contributed by atoms with Crippen LogP contribution in [0.25, 0.3) is 0 Å². The Morgan fingerprint density at radius 2 is 1.38 bits per heavy atom. The van der Waals surface area contributed by atoms with E-state index in [-0.39, 0.29) is 0 Å². The third-order valence-electron chi connectivity index (χ3n) is 2.02. The molecule has 16 heavy (non-hydrogen) atoms. The third-order valence-corrected chi connectivity index (χ3v) is 3.54. The second-order valence-electron chi connectivity index (χ2n) is 3.75. The molecule has 0 radical (unpaired) electrons. The molecule has 0 heterocycles. The molecule has 0 rings (SSSR count). The predicted octanol–water partition coefficient (Wildman–Crippen LogP) is 1.70. The smallest absolute Gasteiger partial charge is 0.376 e. The molecule has 0 aromatic carbocycles. The normalized spacial score (nSPS) is 11.2. The van der Waals surface area contributed by atoms with Crippen LogP contribution in [-0.4, -0.2) is 35.9 Å². The van der Waals surface area contributed by atoms with Gasteiger partial charge < -0.3 is 19.0 Å². The molecular weight excluding hydrogens is 222 g/mol. The highest BCUT2D eigenvalue weighted by Crippen LogP contribution is 2.00. The van der Waals surface area contributed by atoms with Crippen molar-refractivity contribution in [3.8, 4) is 0 Å². The molecule has 0 saturated heterocycles. The maximum Gasteiger partial charge on any atom is 0.484 e. The Labute approximate surface area is 101 Å². The van der Waals surface area contributed by atoms with Crippen molar-refractivity contribution in [1.29, 1.82) is 0 Å². The molecule has 0 unspecified atom stereocenters. The lowest BCUT2D eigenvalue weighted by molar-refractivity contribution is 0.0918. The molecule has 0 amide bonds. The minimum Gasteiger partial charge on any atom is -0.376 e. The first-order valence-electron chi connectivity index (χ1n) is 6.40. The van der Waals surface area contributed by atoms with Crippen LogP contribution < -0.4 is 5.73 Å². The van der Waals surface area contributed by atoms with Crippen LogP contribution in [-0.2, 0) is 13.3 Å². The lowest BCUT2D eigenvalue weighted by atomic mass is 10.2. The number of hydrogen-bond donors (Lipinski definition) is 1. The minimum absolute atomic E-state index is 0.739. The first-order chi connectivity index (χ1) is 7.85. The summed E-state index contributed by atoms with van der Waals surface area (Å²) in [5.41, 5.74) is 5.42. The maximum absolute atomic E-state index is 5.65. The van der Waals surface area contributed by atoms with Crippen LogP contribution in [0.2, 0.25) is 0 Å². The van der Waals surface area contributed by atoms with Crippen LogP contribution in [0.3, 0.4) is 0 Å². The monoisotopic (exact) mass is 249 g/mol. The van der Waals surface area contributed by atoms with Gasteiger partial charge in [0, 0.05) is 19.8 Å². The summed E-state index contributed by atoms with van der Waals surface area (Å²) in [6.07, 6.45) is 5.26. The van der Waals surface area contributed by atoms with E-state index < -0.39 is 9.53 Å². The van der Waals surface area contributed by atoms with E-state index in [4.69, 9.17) is 19.0 Å². The number of unbranched alkanes of at least 4 members (excludes halogenated alkanes) is 2. The van der Waals surface area contributed by atoms with Crippen LogP contribution in [0, 0.1) is 0 Å². The van der Waals surface area contributed by atoms with Gasteiger partial charge in [0.25, 0.3) is 0 Å². The van der Waals surface area contributed by atoms with Crippen molar-refractivity contribution in [2.75, 3.05) is 26.4 Å². The number of rotatable bonds is 12. The maximum atomic E-state index is 5.65. The van der Waals surface area contributed by atoms with Crippen molar-refractivity contribution in [3.05, 3.63) is 0 Å². The molecule has 0 aromatic heterocycles. The summed E-state index contributed by atoms with van der Waals surface area (Å²) in [6.45, 7) is 7.16. The zero-order chi connectivity index (χ0) is 12.1. The number of nitrogens with two attached hydrogens (primary N) is 1. The highest BCUT2D eigenvalue weighted by molar-refractivity contribution is 6.36. The van der Waals surface area contributed by atoms with E-state index >= 15 is 0 Å². The summed E-state index contributed by atoms with van der Waals surface area (Å²) < 4.78 is 16.8. The Bertz CT molecular complexity index is 130. The Morgan fingerprint density at radius 1 is 0.812 bits per heavy atom. The summed E-state index contributed by atoms with van der Waals surface area (Å²) in [5.74, 6) is 0. The zero-order valence-corrected chi connectivity index (χ0v) is 11.9. The Balaban J connectivity index is 3.48. The summed E-state index contributed by atoms with van der Waals surface area (Å²) in [5, 5.41) is 0. The van der Waals surface area contributed by atoms with Crippen LogP contribution >= 0.6 is 0 Å². The molecule has 0 aliphatic rings. The zero-order valence-electron chi connectivity index (χ0n) is 10.7. The van der Waals surface area contributed by atoms with Gasteiger partial charge in [0.05, 0.1) is 0 Å². The first kappa shape index (κ1) is 16.1. The second-order valence-corrected chi connectivity index (χ2v) is 5.33. The fourth-order valence-electron chi connectivity index (χ4n) is 1.18. The van der Waals surface area contributed by atoms with Gasteiger partial charge in [0.1, 0.15) is 0 Å². The van der Waals surface area contributed by atoms with Crippen LogP contribution in [0.15, 0.2) is 0 Å². The fraction of sp³-hybridized carbons (Fsp3) is 1.00. The van der Waals surface area contributed by atoms with E-state index in [0.717, 1.165) is 58.5 Å². The van der Waals surface area contributed by atoms with Gasteiger partial charge in [-0.05, 0) is 38.6 Å². The van der Waals surface area contributed by atoms with Crippen molar-refractivity contribution in [2.45, 2.75) is 46.0 Å². The molecule has 0 bridgehead atoms. The van der Waals surface area contributed by atoms with E-state index in [2.05, 4.69) is 13.8 Å². The Hall–Kier alpha value is 0.0569. The molecule has 0 spiro atoms. The van der Waals surface area contributed by atoms with Crippen molar-refractivity contribution in [2.24, 2.45) is 5.73 Å². The average Bonchev–Trinajstić information content (AvgIpc) is 2.31. The lowest BCUT2D eigenvalue weighted by Gasteiger charge is -2.15. The van der Waals surface area contributed by atoms with Gasteiger partial charge in [-0.25, -0.2) is 0 Å². The van der Waals surface area contributed by atoms with E-state index in [0.29, 0.717) is 0 Å². The van der Waals surface area contributed by atoms with Crippen LogP contribution in [0.1, 0.15) is 46.0 Å². The molecule has 0 atom stereocenters. The van der Waals surface area contributed by atoms with Crippen molar-refractivity contribution in [1.82, 2.24) is 0 Å². The molecule has 0 aliphatic heterocycles. The molecule has 0 aromatic rings. The highest BCUT2D eigenvalue weighted by Gasteiger charge is 2.13. The number of hydrogen-bond acceptors (Lipinski definition) is 4. The van der Waals surface area contributed by atoms with Crippen LogP contribution in [0.5, 0.6) is 0 Å². The van der Waals surface area contributed by atoms with E-state index in [1.807, 2.05) is 0 Å². The standard InChI is InChI=1S/C11H27NO3Si/c1-3-9-13-16(14-10-4-2)15-11-7-5-6-8-12/h16H,3-12H2,1-2H3. The van der Waals surface area contributed by atoms with Gasteiger partial charge >= 0.3 is 9.53 Å². The Morgan fingerprint density at radius 3 is 1.88 bits per heavy atom. The van der Waals surface area contributed by atoms with Gasteiger partial charge in [0.15, 0.2) is 0 Å². The summed E-state index contributed by atoms with van der Waals surface area (Å²) in [6, 6.07) is 0. The van der Waals surface area contributed by atoms with Crippen molar-refractivity contribution in [3.63, 3.8) is 0 Å². The molecule has 0 fully saturated rings. The summed E-state index contributed by atoms with van der Waals surface area (Å²) in [7, 11) is -1.85. The highest BCUT2D eigenvalue weighted by atomic mass is 28.3. The second kappa shape index (κ2) is 13.1. The van der Waals surface area contributed by atoms with Gasteiger partial charge in [0.2, 0.25) is 0 Å². The van der Waals surface area contributed by atoms with Gasteiger partial charge in [-0.2, -0.15) is 0 Å². The van der Waals surface area contributed by atoms with Crippen molar-refractivity contribution < 1.29 is 13.3 Å². The van der Waals surface area contributed by atoms with Gasteiger partial charge in [-0.15, -0.1) is 0 Å². The molecule has 5 heteroatoms. The van der Waals surface area contributed by atoms with E-state index in [9.17, 15) is 0 Å². The van der Waals surface area contributed by atoms with Crippen LogP contribution in [0.4, 0.5) is 0 Å². The third kappa shape index (κ3) is 10.6. The first-order valence-corrected chi connectivity index (χ1v) is 7.81.